The van der Waals surface area contributed by atoms with Gasteiger partial charge < -0.3 is 4.90 Å². The zero-order valence-electron chi connectivity index (χ0n) is 13.4. The van der Waals surface area contributed by atoms with Crippen molar-refractivity contribution in [2.75, 3.05) is 6.54 Å². The molecule has 0 fully saturated rings. The summed E-state index contributed by atoms with van der Waals surface area (Å²) >= 11 is 14.4. The lowest BCUT2D eigenvalue weighted by Crippen LogP contribution is -2.30. The first kappa shape index (κ1) is 19.3. The number of hydrogen-bond donors (Lipinski definition) is 0. The van der Waals surface area contributed by atoms with Crippen molar-refractivity contribution in [3.05, 3.63) is 85.8 Å². The van der Waals surface area contributed by atoms with Crippen LogP contribution in [0.15, 0.2) is 64.5 Å². The molecule has 0 amide bonds. The van der Waals surface area contributed by atoms with Crippen LogP contribution >= 0.6 is 45.8 Å². The molecule has 3 rings (SSSR count). The third-order valence-corrected chi connectivity index (χ3v) is 5.26. The average Bonchev–Trinajstić information content (AvgIpc) is 2.60. The van der Waals surface area contributed by atoms with Crippen LogP contribution in [-0.4, -0.2) is 22.9 Å². The molecular weight excluding hydrogens is 492 g/mol. The molecule has 2 aromatic rings. The molecule has 2 heterocycles. The lowest BCUT2D eigenvalue weighted by Gasteiger charge is -2.34. The molecule has 0 saturated carbocycles. The molecule has 1 aromatic heterocycles. The van der Waals surface area contributed by atoms with E-state index in [0.29, 0.717) is 27.1 Å². The summed E-state index contributed by atoms with van der Waals surface area (Å²) < 4.78 is 27.4. The van der Waals surface area contributed by atoms with E-state index >= 15 is 0 Å². The van der Waals surface area contributed by atoms with Crippen LogP contribution in [0.2, 0.25) is 10.0 Å². The van der Waals surface area contributed by atoms with Crippen LogP contribution in [0, 0.1) is 0 Å². The molecule has 0 bridgehead atoms. The van der Waals surface area contributed by atoms with E-state index in [1.165, 1.54) is 11.1 Å². The van der Waals surface area contributed by atoms with Crippen LogP contribution in [0.5, 0.6) is 0 Å². The minimum atomic E-state index is -2.55. The van der Waals surface area contributed by atoms with Gasteiger partial charge in [0.25, 0.3) is 6.43 Å². The van der Waals surface area contributed by atoms with E-state index < -0.39 is 13.0 Å². The van der Waals surface area contributed by atoms with Crippen molar-refractivity contribution < 1.29 is 8.78 Å². The quantitative estimate of drug-likeness (QED) is 0.432. The molecule has 26 heavy (non-hydrogen) atoms. The Morgan fingerprint density at radius 1 is 1.19 bits per heavy atom. The Hall–Kier alpha value is -1.44. The number of allylic oxidation sites excluding steroid dienone is 3. The number of hydrogen-bond acceptors (Lipinski definition) is 2. The van der Waals surface area contributed by atoms with Crippen LogP contribution in [0.3, 0.4) is 0 Å². The van der Waals surface area contributed by atoms with Gasteiger partial charge in [0.05, 0.1) is 22.3 Å². The van der Waals surface area contributed by atoms with Gasteiger partial charge in [-0.2, -0.15) is 0 Å². The highest BCUT2D eigenvalue weighted by Crippen LogP contribution is 2.42. The molecular formula is C19H13Cl2F2IN2. The zero-order chi connectivity index (χ0) is 18.8. The number of halogens is 5. The first-order chi connectivity index (χ1) is 12.4. The van der Waals surface area contributed by atoms with Gasteiger partial charge in [-0.3, -0.25) is 4.98 Å². The number of nitrogens with zero attached hydrogens (tertiary/aromatic N) is 2. The summed E-state index contributed by atoms with van der Waals surface area (Å²) in [6, 6.07) is 11.0. The summed E-state index contributed by atoms with van der Waals surface area (Å²) in [4.78, 5) is 5.78. The van der Waals surface area contributed by atoms with Gasteiger partial charge in [-0.15, -0.1) is 0 Å². The summed E-state index contributed by atoms with van der Waals surface area (Å²) in [6.07, 6.45) is 0.805. The molecule has 2 nitrogen and oxygen atoms in total. The Labute approximate surface area is 174 Å². The molecule has 0 atom stereocenters. The number of alkyl halides is 2. The molecule has 1 aromatic carbocycles. The lowest BCUT2D eigenvalue weighted by molar-refractivity contribution is 0.123. The summed E-state index contributed by atoms with van der Waals surface area (Å²) in [6.45, 7) is 3.46. The lowest BCUT2D eigenvalue weighted by atomic mass is 9.97. The Bertz CT molecular complexity index is 911. The van der Waals surface area contributed by atoms with Crippen molar-refractivity contribution in [1.82, 2.24) is 9.88 Å². The SMILES string of the molecule is C=C1C(I)=CC(c2ccccc2)=C(c2ncc(Cl)cc2Cl)N1CC(F)F. The Kier molecular flexibility index (Phi) is 5.99. The summed E-state index contributed by atoms with van der Waals surface area (Å²) in [5, 5.41) is 0.666. The van der Waals surface area contributed by atoms with Crippen LogP contribution < -0.4 is 0 Å². The number of pyridine rings is 1. The fourth-order valence-electron chi connectivity index (χ4n) is 2.71. The van der Waals surface area contributed by atoms with Crippen molar-refractivity contribution >= 4 is 57.1 Å². The van der Waals surface area contributed by atoms with Gasteiger partial charge in [0.1, 0.15) is 5.69 Å². The summed E-state index contributed by atoms with van der Waals surface area (Å²) in [7, 11) is 0. The maximum Gasteiger partial charge on any atom is 0.256 e. The Morgan fingerprint density at radius 3 is 2.50 bits per heavy atom. The maximum atomic E-state index is 13.3. The van der Waals surface area contributed by atoms with Gasteiger partial charge in [-0.25, -0.2) is 8.78 Å². The normalized spacial score (nSPS) is 14.9. The van der Waals surface area contributed by atoms with E-state index in [-0.39, 0.29) is 0 Å². The predicted molar refractivity (Wildman–Crippen MR) is 111 cm³/mol. The van der Waals surface area contributed by atoms with Gasteiger partial charge >= 0.3 is 0 Å². The van der Waals surface area contributed by atoms with Crippen molar-refractivity contribution in [1.29, 1.82) is 0 Å². The van der Waals surface area contributed by atoms with Gasteiger partial charge in [0.15, 0.2) is 0 Å². The van der Waals surface area contributed by atoms with Crippen molar-refractivity contribution in [3.8, 4) is 0 Å². The molecule has 0 N–H and O–H groups in total. The molecule has 0 spiro atoms. The number of aromatic nitrogens is 1. The van der Waals surface area contributed by atoms with Crippen molar-refractivity contribution in [2.24, 2.45) is 0 Å². The molecule has 1 aliphatic heterocycles. The molecule has 1 aliphatic rings. The molecule has 0 unspecified atom stereocenters. The fourth-order valence-corrected chi connectivity index (χ4v) is 3.78. The van der Waals surface area contributed by atoms with E-state index in [9.17, 15) is 8.78 Å². The largest absolute Gasteiger partial charge is 0.333 e. The number of benzene rings is 1. The maximum absolute atomic E-state index is 13.3. The average molecular weight is 505 g/mol. The Balaban J connectivity index is 2.31. The van der Waals surface area contributed by atoms with Crippen molar-refractivity contribution in [3.63, 3.8) is 0 Å². The highest BCUT2D eigenvalue weighted by molar-refractivity contribution is 14.1. The highest BCUT2D eigenvalue weighted by atomic mass is 127. The molecule has 7 heteroatoms. The van der Waals surface area contributed by atoms with Gasteiger partial charge in [0, 0.05) is 21.0 Å². The van der Waals surface area contributed by atoms with E-state index in [0.717, 1.165) is 14.7 Å². The van der Waals surface area contributed by atoms with Gasteiger partial charge in [-0.05, 0) is 40.3 Å². The van der Waals surface area contributed by atoms with E-state index in [1.807, 2.05) is 36.4 Å². The topological polar surface area (TPSA) is 16.1 Å². The molecule has 0 aliphatic carbocycles. The zero-order valence-corrected chi connectivity index (χ0v) is 17.1. The third-order valence-electron chi connectivity index (χ3n) is 3.84. The van der Waals surface area contributed by atoms with Crippen LogP contribution in [0.1, 0.15) is 11.3 Å². The standard InChI is InChI=1S/C19H13Cl2F2IN2/c1-11-16(24)8-14(12-5-3-2-4-6-12)19(26(11)10-17(22)23)18-15(21)7-13(20)9-25-18/h2-9,17H,1,10H2. The minimum absolute atomic E-state index is 0.290. The second-order valence-electron chi connectivity index (χ2n) is 5.55. The summed E-state index contributed by atoms with van der Waals surface area (Å²) in [5.41, 5.74) is 2.98. The smallest absolute Gasteiger partial charge is 0.256 e. The van der Waals surface area contributed by atoms with Gasteiger partial charge in [0.2, 0.25) is 0 Å². The Morgan fingerprint density at radius 2 is 1.88 bits per heavy atom. The minimum Gasteiger partial charge on any atom is -0.333 e. The summed E-state index contributed by atoms with van der Waals surface area (Å²) in [5.74, 6) is 0. The fraction of sp³-hybridized carbons (Fsp3) is 0.105. The predicted octanol–water partition coefficient (Wildman–Crippen LogP) is 6.67. The third kappa shape index (κ3) is 3.94. The van der Waals surface area contributed by atoms with Gasteiger partial charge in [-0.1, -0.05) is 60.1 Å². The number of rotatable bonds is 4. The van der Waals surface area contributed by atoms with Crippen LogP contribution in [0.25, 0.3) is 11.3 Å². The molecule has 0 radical (unpaired) electrons. The van der Waals surface area contributed by atoms with E-state index in [4.69, 9.17) is 23.2 Å². The first-order valence-corrected chi connectivity index (χ1v) is 9.45. The second kappa shape index (κ2) is 8.06. The van der Waals surface area contributed by atoms with E-state index in [1.54, 1.807) is 6.07 Å². The molecule has 134 valence electrons. The van der Waals surface area contributed by atoms with E-state index in [2.05, 4.69) is 34.2 Å². The highest BCUT2D eigenvalue weighted by Gasteiger charge is 2.29. The van der Waals surface area contributed by atoms with Crippen molar-refractivity contribution in [2.45, 2.75) is 6.43 Å². The first-order valence-electron chi connectivity index (χ1n) is 7.61. The monoisotopic (exact) mass is 504 g/mol. The van der Waals surface area contributed by atoms with Crippen LogP contribution in [0.4, 0.5) is 8.78 Å². The van der Waals surface area contributed by atoms with Crippen LogP contribution in [-0.2, 0) is 0 Å². The molecule has 0 saturated heterocycles. The second-order valence-corrected chi connectivity index (χ2v) is 7.56.